The van der Waals surface area contributed by atoms with Gasteiger partial charge in [-0.25, -0.2) is 4.79 Å². The van der Waals surface area contributed by atoms with E-state index in [1.165, 1.54) is 7.11 Å². The number of esters is 1. The molecule has 1 rings (SSSR count). The molecule has 0 saturated carbocycles. The van der Waals surface area contributed by atoms with Crippen LogP contribution in [0.1, 0.15) is 48.5 Å². The molecule has 0 aromatic carbocycles. The molecule has 0 aliphatic rings. The van der Waals surface area contributed by atoms with Crippen molar-refractivity contribution in [1.29, 1.82) is 0 Å². The zero-order chi connectivity index (χ0) is 26.9. The van der Waals surface area contributed by atoms with Gasteiger partial charge < -0.3 is 34.6 Å². The van der Waals surface area contributed by atoms with Crippen LogP contribution in [-0.2, 0) is 18.7 Å². The summed E-state index contributed by atoms with van der Waals surface area (Å²) < 4.78 is 22.2. The number of methoxy groups -OCH3 is 1. The van der Waals surface area contributed by atoms with E-state index >= 15 is 0 Å². The number of pyridine rings is 1. The first-order chi connectivity index (χ1) is 16.1. The Morgan fingerprint density at radius 2 is 1.71 bits per heavy atom. The van der Waals surface area contributed by atoms with Gasteiger partial charge in [0.2, 0.25) is 5.88 Å². The van der Waals surface area contributed by atoms with E-state index in [9.17, 15) is 9.59 Å². The molecule has 0 aliphatic heterocycles. The van der Waals surface area contributed by atoms with Crippen LogP contribution in [0.15, 0.2) is 12.1 Å². The Morgan fingerprint density at radius 3 is 2.26 bits per heavy atom. The summed E-state index contributed by atoms with van der Waals surface area (Å²) in [4.78, 5) is 28.5. The molecule has 0 fully saturated rings. The van der Waals surface area contributed by atoms with Crippen molar-refractivity contribution in [2.24, 2.45) is 0 Å². The lowest BCUT2D eigenvalue weighted by atomic mass is 10.2. The van der Waals surface area contributed by atoms with Gasteiger partial charge in [0, 0.05) is 19.2 Å². The average Bonchev–Trinajstić information content (AvgIpc) is 2.72. The number of aromatic nitrogens is 1. The number of amides is 1. The van der Waals surface area contributed by atoms with Gasteiger partial charge in [0.15, 0.2) is 14.1 Å². The lowest BCUT2D eigenvalue weighted by molar-refractivity contribution is -0.140. The van der Waals surface area contributed by atoms with Gasteiger partial charge in [0.25, 0.3) is 0 Å². The van der Waals surface area contributed by atoms with E-state index in [2.05, 4.69) is 54.8 Å². The second-order valence-electron chi connectivity index (χ2n) is 10.7. The Kier molecular flexibility index (Phi) is 11.3. The number of hydrogen-bond acceptors (Lipinski definition) is 9. The molecule has 1 aromatic rings. The minimum absolute atomic E-state index is 0.000621. The molecule has 0 saturated heterocycles. The maximum Gasteiger partial charge on any atom is 0.407 e. The number of anilines is 2. The molecule has 1 heterocycles. The second-order valence-corrected chi connectivity index (χ2v) is 15.4. The first-order valence-corrected chi connectivity index (χ1v) is 14.8. The first-order valence-electron chi connectivity index (χ1n) is 11.9. The lowest BCUT2D eigenvalue weighted by Crippen LogP contribution is -2.49. The highest BCUT2D eigenvalue weighted by atomic mass is 28.4. The number of alkyl carbamates (subject to hydrolysis) is 1. The van der Waals surface area contributed by atoms with Gasteiger partial charge in [-0.2, -0.15) is 4.98 Å². The van der Waals surface area contributed by atoms with Gasteiger partial charge in [-0.1, -0.05) is 20.8 Å². The summed E-state index contributed by atoms with van der Waals surface area (Å²) in [5.74, 6) is 0.549. The summed E-state index contributed by atoms with van der Waals surface area (Å²) in [6, 6.07) is 3.47. The van der Waals surface area contributed by atoms with Gasteiger partial charge in [0.1, 0.15) is 12.1 Å². The molecule has 0 spiro atoms. The van der Waals surface area contributed by atoms with Crippen LogP contribution in [0, 0.1) is 0 Å². The molecule has 1 unspecified atom stereocenters. The highest BCUT2D eigenvalue weighted by molar-refractivity contribution is 6.74. The normalized spacial score (nSPS) is 13.0. The fourth-order valence-electron chi connectivity index (χ4n) is 2.68. The quantitative estimate of drug-likeness (QED) is 0.276. The zero-order valence-electron chi connectivity index (χ0n) is 23.0. The monoisotopic (exact) mass is 512 g/mol. The minimum atomic E-state index is -2.15. The van der Waals surface area contributed by atoms with Crippen molar-refractivity contribution in [3.63, 3.8) is 0 Å². The third kappa shape index (κ3) is 11.2. The predicted molar refractivity (Wildman–Crippen MR) is 141 cm³/mol. The molecule has 35 heavy (non-hydrogen) atoms. The van der Waals surface area contributed by atoms with Crippen LogP contribution in [0.3, 0.4) is 0 Å². The highest BCUT2D eigenvalue weighted by Crippen LogP contribution is 2.37. The zero-order valence-corrected chi connectivity index (χ0v) is 24.0. The predicted octanol–water partition coefficient (Wildman–Crippen LogP) is 4.39. The van der Waals surface area contributed by atoms with Crippen LogP contribution in [0.25, 0.3) is 0 Å². The minimum Gasteiger partial charge on any atom is -0.481 e. The molecular weight excluding hydrogens is 468 g/mol. The summed E-state index contributed by atoms with van der Waals surface area (Å²) in [5.41, 5.74) is 0.0207. The molecule has 3 N–H and O–H groups in total. The van der Waals surface area contributed by atoms with Crippen molar-refractivity contribution in [3.8, 4) is 5.88 Å². The third-order valence-electron chi connectivity index (χ3n) is 5.44. The van der Waals surface area contributed by atoms with Crippen molar-refractivity contribution < 1.29 is 28.2 Å². The van der Waals surface area contributed by atoms with E-state index in [-0.39, 0.29) is 30.2 Å². The third-order valence-corrected chi connectivity index (χ3v) is 9.98. The van der Waals surface area contributed by atoms with E-state index in [0.29, 0.717) is 30.5 Å². The van der Waals surface area contributed by atoms with E-state index in [4.69, 9.17) is 18.6 Å². The fourth-order valence-corrected chi connectivity index (χ4v) is 4.04. The molecule has 1 amide bonds. The number of carbonyl (C=O) groups excluding carboxylic acids is 2. The number of nitrogens with zero attached hydrogens (tertiary/aromatic N) is 1. The molecule has 0 bridgehead atoms. The molecule has 1 atom stereocenters. The standard InChI is InChI=1S/C24H44N4O6Si/c1-11-32-20(29)16-25-18-12-13-19(31-8)28-21(18)26-14-17(34-35(9,10)24(5,6)7)15-27-22(30)33-23(2,3)4/h12-13,17,25H,11,14-16H2,1-10H3,(H,26,28)(H,27,30). The van der Waals surface area contributed by atoms with Gasteiger partial charge in [-0.3, -0.25) is 4.79 Å². The van der Waals surface area contributed by atoms with E-state index in [1.807, 2.05) is 20.8 Å². The van der Waals surface area contributed by atoms with Crippen LogP contribution in [0.2, 0.25) is 18.1 Å². The van der Waals surface area contributed by atoms with Crippen LogP contribution in [-0.4, -0.2) is 70.4 Å². The molecular formula is C24H44N4O6Si. The second kappa shape index (κ2) is 13.0. The van der Waals surface area contributed by atoms with Gasteiger partial charge in [-0.05, 0) is 51.9 Å². The Balaban J connectivity index is 3.03. The summed E-state index contributed by atoms with van der Waals surface area (Å²) in [5, 5.41) is 9.13. The van der Waals surface area contributed by atoms with Crippen molar-refractivity contribution >= 4 is 31.9 Å². The van der Waals surface area contributed by atoms with E-state index in [0.717, 1.165) is 0 Å². The van der Waals surface area contributed by atoms with Crippen LogP contribution in [0.4, 0.5) is 16.3 Å². The summed E-state index contributed by atoms with van der Waals surface area (Å²) in [6.07, 6.45) is -0.855. The summed E-state index contributed by atoms with van der Waals surface area (Å²) in [6.45, 7) is 18.9. The summed E-state index contributed by atoms with van der Waals surface area (Å²) >= 11 is 0. The number of rotatable bonds is 12. The molecule has 0 aliphatic carbocycles. The van der Waals surface area contributed by atoms with Gasteiger partial charge >= 0.3 is 12.1 Å². The smallest absolute Gasteiger partial charge is 0.407 e. The number of hydrogen-bond donors (Lipinski definition) is 3. The molecule has 10 nitrogen and oxygen atoms in total. The maximum atomic E-state index is 12.3. The Morgan fingerprint density at radius 1 is 1.06 bits per heavy atom. The highest BCUT2D eigenvalue weighted by Gasteiger charge is 2.39. The molecule has 11 heteroatoms. The number of carbonyl (C=O) groups is 2. The topological polar surface area (TPSA) is 120 Å². The number of ether oxygens (including phenoxy) is 3. The van der Waals surface area contributed by atoms with Crippen molar-refractivity contribution in [2.45, 2.75) is 78.3 Å². The molecule has 1 aromatic heterocycles. The van der Waals surface area contributed by atoms with Gasteiger partial charge in [-0.15, -0.1) is 0 Å². The lowest BCUT2D eigenvalue weighted by Gasteiger charge is -2.39. The largest absolute Gasteiger partial charge is 0.481 e. The van der Waals surface area contributed by atoms with E-state index in [1.54, 1.807) is 19.1 Å². The molecule has 200 valence electrons. The summed E-state index contributed by atoms with van der Waals surface area (Å²) in [7, 11) is -0.616. The van der Waals surface area contributed by atoms with Crippen LogP contribution >= 0.6 is 0 Å². The van der Waals surface area contributed by atoms with E-state index < -0.39 is 20.0 Å². The SMILES string of the molecule is CCOC(=O)CNc1ccc(OC)nc1NCC(CNC(=O)OC(C)(C)C)O[Si](C)(C)C(C)(C)C. The van der Waals surface area contributed by atoms with Crippen LogP contribution in [0.5, 0.6) is 5.88 Å². The Bertz CT molecular complexity index is 836. The Labute approximate surface area is 211 Å². The fraction of sp³-hybridized carbons (Fsp3) is 0.708. The maximum absolute atomic E-state index is 12.3. The van der Waals surface area contributed by atoms with Crippen molar-refractivity contribution in [3.05, 3.63) is 12.1 Å². The van der Waals surface area contributed by atoms with Crippen molar-refractivity contribution in [1.82, 2.24) is 10.3 Å². The van der Waals surface area contributed by atoms with Gasteiger partial charge in [0.05, 0.1) is 25.5 Å². The molecule has 0 radical (unpaired) electrons. The first kappa shape index (κ1) is 30.5. The Hall–Kier alpha value is -2.53. The van der Waals surface area contributed by atoms with Crippen LogP contribution < -0.4 is 20.7 Å². The van der Waals surface area contributed by atoms with Crippen molar-refractivity contribution in [2.75, 3.05) is 44.0 Å². The average molecular weight is 513 g/mol. The number of nitrogens with one attached hydrogen (secondary N) is 3.